The van der Waals surface area contributed by atoms with Crippen LogP contribution in [0.3, 0.4) is 0 Å². The van der Waals surface area contributed by atoms with Gasteiger partial charge in [0.2, 0.25) is 5.89 Å². The van der Waals surface area contributed by atoms with E-state index in [0.29, 0.717) is 18.2 Å². The lowest BCUT2D eigenvalue weighted by Gasteiger charge is -2.21. The van der Waals surface area contributed by atoms with E-state index >= 15 is 0 Å². The molecule has 0 radical (unpaired) electrons. The molecule has 3 rings (SSSR count). The second-order valence-corrected chi connectivity index (χ2v) is 6.10. The fraction of sp³-hybridized carbons (Fsp3) is 0.368. The van der Waals surface area contributed by atoms with Crippen LogP contribution in [0.4, 0.5) is 0 Å². The van der Waals surface area contributed by atoms with Gasteiger partial charge in [-0.3, -0.25) is 4.90 Å². The summed E-state index contributed by atoms with van der Waals surface area (Å²) in [5.41, 5.74) is 2.54. The van der Waals surface area contributed by atoms with Crippen LogP contribution >= 0.6 is 0 Å². The molecular weight excluding hydrogens is 334 g/mol. The molecule has 7 heteroatoms. The van der Waals surface area contributed by atoms with Crippen molar-refractivity contribution in [2.24, 2.45) is 0 Å². The molecule has 0 fully saturated rings. The number of aromatic nitrogens is 2. The van der Waals surface area contributed by atoms with Gasteiger partial charge < -0.3 is 18.4 Å². The number of benzene rings is 1. The Morgan fingerprint density at radius 3 is 2.65 bits per heavy atom. The van der Waals surface area contributed by atoms with E-state index in [2.05, 4.69) is 22.0 Å². The maximum absolute atomic E-state index is 5.90. The molecule has 0 aliphatic heterocycles. The number of ether oxygens (including phenoxy) is 2. The second kappa shape index (κ2) is 7.61. The smallest absolute Gasteiger partial charge is 0.230 e. The Kier molecular flexibility index (Phi) is 5.27. The minimum Gasteiger partial charge on any atom is -0.497 e. The van der Waals surface area contributed by atoms with Crippen LogP contribution in [0.2, 0.25) is 0 Å². The van der Waals surface area contributed by atoms with E-state index in [1.165, 1.54) is 0 Å². The summed E-state index contributed by atoms with van der Waals surface area (Å²) in [4.78, 5) is 6.81. The van der Waals surface area contributed by atoms with E-state index in [1.807, 2.05) is 38.2 Å². The van der Waals surface area contributed by atoms with E-state index < -0.39 is 0 Å². The summed E-state index contributed by atoms with van der Waals surface area (Å²) in [7, 11) is 5.25. The topological polar surface area (TPSA) is 73.8 Å². The number of hydrogen-bond acceptors (Lipinski definition) is 7. The van der Waals surface area contributed by atoms with Crippen LogP contribution in [0, 0.1) is 6.92 Å². The second-order valence-electron chi connectivity index (χ2n) is 6.10. The first-order valence-electron chi connectivity index (χ1n) is 8.32. The Balaban J connectivity index is 1.83. The third-order valence-electron chi connectivity index (χ3n) is 4.48. The zero-order chi connectivity index (χ0) is 18.7. The molecule has 0 aliphatic carbocycles. The van der Waals surface area contributed by atoms with E-state index in [1.54, 1.807) is 20.5 Å². The molecule has 0 saturated carbocycles. The van der Waals surface area contributed by atoms with E-state index in [0.717, 1.165) is 28.5 Å². The van der Waals surface area contributed by atoms with Gasteiger partial charge >= 0.3 is 0 Å². The van der Waals surface area contributed by atoms with Crippen molar-refractivity contribution in [3.63, 3.8) is 0 Å². The number of hydrogen-bond donors (Lipinski definition) is 0. The molecule has 2 heterocycles. The van der Waals surface area contributed by atoms with Crippen molar-refractivity contribution in [2.75, 3.05) is 21.3 Å². The van der Waals surface area contributed by atoms with Crippen molar-refractivity contribution in [1.29, 1.82) is 0 Å². The maximum atomic E-state index is 5.90. The molecule has 2 aromatic heterocycles. The molecule has 138 valence electrons. The van der Waals surface area contributed by atoms with Gasteiger partial charge in [0.25, 0.3) is 0 Å². The van der Waals surface area contributed by atoms with Crippen molar-refractivity contribution in [1.82, 2.24) is 15.0 Å². The zero-order valence-electron chi connectivity index (χ0n) is 15.6. The molecule has 1 atom stereocenters. The highest BCUT2D eigenvalue weighted by molar-refractivity contribution is 5.65. The van der Waals surface area contributed by atoms with Crippen molar-refractivity contribution in [2.45, 2.75) is 26.4 Å². The summed E-state index contributed by atoms with van der Waals surface area (Å²) in [5, 5.41) is 4.00. The molecule has 0 bridgehead atoms. The quantitative estimate of drug-likeness (QED) is 0.636. The Labute approximate surface area is 152 Å². The molecule has 7 nitrogen and oxygen atoms in total. The Morgan fingerprint density at radius 1 is 1.19 bits per heavy atom. The molecule has 0 N–H and O–H groups in total. The maximum Gasteiger partial charge on any atom is 0.230 e. The average Bonchev–Trinajstić information content (AvgIpc) is 3.31. The zero-order valence-corrected chi connectivity index (χ0v) is 15.6. The average molecular weight is 357 g/mol. The molecule has 26 heavy (non-hydrogen) atoms. The molecule has 0 spiro atoms. The van der Waals surface area contributed by atoms with Gasteiger partial charge in [0.15, 0.2) is 0 Å². The van der Waals surface area contributed by atoms with Gasteiger partial charge in [0.1, 0.15) is 29.2 Å². The Morgan fingerprint density at radius 2 is 2.00 bits per heavy atom. The van der Waals surface area contributed by atoms with Crippen LogP contribution in [-0.4, -0.2) is 36.3 Å². The molecule has 1 unspecified atom stereocenters. The summed E-state index contributed by atoms with van der Waals surface area (Å²) in [5.74, 6) is 2.67. The van der Waals surface area contributed by atoms with E-state index in [9.17, 15) is 0 Å². The lowest BCUT2D eigenvalue weighted by molar-refractivity contribution is 0.237. The fourth-order valence-electron chi connectivity index (χ4n) is 2.70. The van der Waals surface area contributed by atoms with Crippen LogP contribution in [0.15, 0.2) is 39.5 Å². The predicted octanol–water partition coefficient (Wildman–Crippen LogP) is 3.85. The van der Waals surface area contributed by atoms with Gasteiger partial charge in [-0.05, 0) is 33.0 Å². The molecular formula is C19H23N3O4. The molecule has 0 aliphatic rings. The number of nitrogens with zero attached hydrogens (tertiary/aromatic N) is 3. The fourth-order valence-corrected chi connectivity index (χ4v) is 2.70. The first-order chi connectivity index (χ1) is 12.5. The molecule has 3 aromatic rings. The van der Waals surface area contributed by atoms with Crippen LogP contribution in [0.25, 0.3) is 11.5 Å². The highest BCUT2D eigenvalue weighted by atomic mass is 16.5. The van der Waals surface area contributed by atoms with Gasteiger partial charge in [-0.2, -0.15) is 0 Å². The largest absolute Gasteiger partial charge is 0.497 e. The SMILES string of the molecule is COc1ccc(-c2nc(CN(C)C(C)c3ccon3)c(C)o2)c(OC)c1. The number of methoxy groups -OCH3 is 2. The van der Waals surface area contributed by atoms with Gasteiger partial charge in [-0.25, -0.2) is 4.98 Å². The number of aryl methyl sites for hydroxylation is 1. The number of oxazole rings is 1. The van der Waals surface area contributed by atoms with Crippen LogP contribution in [0.1, 0.15) is 30.1 Å². The molecule has 0 saturated heterocycles. The van der Waals surface area contributed by atoms with Gasteiger partial charge in [-0.15, -0.1) is 0 Å². The lowest BCUT2D eigenvalue weighted by atomic mass is 10.2. The summed E-state index contributed by atoms with van der Waals surface area (Å²) >= 11 is 0. The van der Waals surface area contributed by atoms with Gasteiger partial charge in [0.05, 0.1) is 31.5 Å². The molecule has 1 aromatic carbocycles. The van der Waals surface area contributed by atoms with Crippen LogP contribution in [-0.2, 0) is 6.54 Å². The lowest BCUT2D eigenvalue weighted by Crippen LogP contribution is -2.22. The standard InChI is InChI=1S/C19H23N3O4/c1-12(16-8-9-25-21-16)22(3)11-17-13(2)26-19(20-17)15-7-6-14(23-4)10-18(15)24-5/h6-10,12H,11H2,1-5H3. The van der Waals surface area contributed by atoms with Crippen LogP contribution in [0.5, 0.6) is 11.5 Å². The minimum absolute atomic E-state index is 0.101. The Bertz CT molecular complexity index is 858. The predicted molar refractivity (Wildman–Crippen MR) is 96.2 cm³/mol. The van der Waals surface area contributed by atoms with Gasteiger partial charge in [0, 0.05) is 18.7 Å². The Hall–Kier alpha value is -2.80. The third kappa shape index (κ3) is 3.57. The van der Waals surface area contributed by atoms with Crippen molar-refractivity contribution >= 4 is 0 Å². The summed E-state index contributed by atoms with van der Waals surface area (Å²) in [6, 6.07) is 7.52. The van der Waals surface area contributed by atoms with Gasteiger partial charge in [-0.1, -0.05) is 5.16 Å². The normalized spacial score (nSPS) is 12.4. The first-order valence-corrected chi connectivity index (χ1v) is 8.32. The minimum atomic E-state index is 0.101. The van der Waals surface area contributed by atoms with E-state index in [-0.39, 0.29) is 6.04 Å². The van der Waals surface area contributed by atoms with Crippen molar-refractivity contribution in [3.05, 3.63) is 47.7 Å². The summed E-state index contributed by atoms with van der Waals surface area (Å²) in [6.07, 6.45) is 1.58. The van der Waals surface area contributed by atoms with Crippen molar-refractivity contribution < 1.29 is 18.4 Å². The van der Waals surface area contributed by atoms with Crippen LogP contribution < -0.4 is 9.47 Å². The summed E-state index contributed by atoms with van der Waals surface area (Å²) < 4.78 is 21.5. The monoisotopic (exact) mass is 357 g/mol. The summed E-state index contributed by atoms with van der Waals surface area (Å²) in [6.45, 7) is 4.61. The van der Waals surface area contributed by atoms with Crippen molar-refractivity contribution in [3.8, 4) is 23.0 Å². The first kappa shape index (κ1) is 18.0. The highest BCUT2D eigenvalue weighted by Gasteiger charge is 2.20. The number of rotatable bonds is 7. The highest BCUT2D eigenvalue weighted by Crippen LogP contribution is 2.34. The van der Waals surface area contributed by atoms with E-state index in [4.69, 9.17) is 18.4 Å². The third-order valence-corrected chi connectivity index (χ3v) is 4.48. The molecule has 0 amide bonds.